The molecule has 0 fully saturated rings. The molecule has 19 heavy (non-hydrogen) atoms. The molecule has 1 heterocycles. The summed E-state index contributed by atoms with van der Waals surface area (Å²) in [5.41, 5.74) is 2.13. The van der Waals surface area contributed by atoms with Gasteiger partial charge in [0.15, 0.2) is 0 Å². The quantitative estimate of drug-likeness (QED) is 0.786. The lowest BCUT2D eigenvalue weighted by Gasteiger charge is -2.18. The first-order chi connectivity index (χ1) is 9.26. The van der Waals surface area contributed by atoms with Gasteiger partial charge in [0.05, 0.1) is 17.3 Å². The van der Waals surface area contributed by atoms with Crippen LogP contribution in [0.5, 0.6) is 0 Å². The Morgan fingerprint density at radius 3 is 2.95 bits per heavy atom. The molecule has 0 saturated heterocycles. The van der Waals surface area contributed by atoms with Crippen LogP contribution >= 0.6 is 15.9 Å². The number of rotatable bonds is 6. The molecule has 0 bridgehead atoms. The van der Waals surface area contributed by atoms with Crippen molar-refractivity contribution in [3.05, 3.63) is 53.2 Å². The zero-order valence-corrected chi connectivity index (χ0v) is 12.8. The number of nitrogens with zero attached hydrogens (tertiary/aromatic N) is 1. The van der Waals surface area contributed by atoms with Crippen LogP contribution in [0.15, 0.2) is 47.5 Å². The molecule has 0 radical (unpaired) electrons. The lowest BCUT2D eigenvalue weighted by molar-refractivity contribution is 0.507. The molecule has 0 aliphatic carbocycles. The number of halogens is 1. The van der Waals surface area contributed by atoms with Crippen molar-refractivity contribution in [1.82, 2.24) is 10.3 Å². The van der Waals surface area contributed by atoms with Gasteiger partial charge in [0.25, 0.3) is 0 Å². The molecular weight excluding hydrogens is 300 g/mol. The van der Waals surface area contributed by atoms with Crippen LogP contribution in [-0.2, 0) is 0 Å². The minimum Gasteiger partial charge on any atom is -0.309 e. The third-order valence-electron chi connectivity index (χ3n) is 3.14. The first-order valence-electron chi connectivity index (χ1n) is 6.65. The van der Waals surface area contributed by atoms with Crippen LogP contribution in [0, 0.1) is 0 Å². The van der Waals surface area contributed by atoms with E-state index < -0.39 is 0 Å². The SMILES string of the molecule is C=CCCC(NCC)c1nc2ccccc2cc1Br. The third-order valence-corrected chi connectivity index (χ3v) is 3.78. The van der Waals surface area contributed by atoms with Crippen molar-refractivity contribution >= 4 is 26.8 Å². The first kappa shape index (κ1) is 14.2. The second kappa shape index (κ2) is 6.83. The summed E-state index contributed by atoms with van der Waals surface area (Å²) in [5.74, 6) is 0. The number of allylic oxidation sites excluding steroid dienone is 1. The largest absolute Gasteiger partial charge is 0.309 e. The van der Waals surface area contributed by atoms with Gasteiger partial charge in [-0.3, -0.25) is 0 Å². The van der Waals surface area contributed by atoms with E-state index in [1.807, 2.05) is 18.2 Å². The van der Waals surface area contributed by atoms with Crippen molar-refractivity contribution in [2.75, 3.05) is 6.54 Å². The number of hydrogen-bond acceptors (Lipinski definition) is 2. The van der Waals surface area contributed by atoms with Crippen LogP contribution in [-0.4, -0.2) is 11.5 Å². The molecule has 0 aliphatic heterocycles. The van der Waals surface area contributed by atoms with Crippen molar-refractivity contribution in [2.24, 2.45) is 0 Å². The van der Waals surface area contributed by atoms with Crippen LogP contribution in [0.1, 0.15) is 31.5 Å². The lowest BCUT2D eigenvalue weighted by atomic mass is 10.1. The standard InChI is InChI=1S/C16H19BrN2/c1-3-5-9-15(18-4-2)16-13(17)11-12-8-6-7-10-14(12)19-16/h3,6-8,10-11,15,18H,1,4-5,9H2,2H3. The van der Waals surface area contributed by atoms with Gasteiger partial charge in [0.2, 0.25) is 0 Å². The van der Waals surface area contributed by atoms with Gasteiger partial charge in [-0.05, 0) is 47.4 Å². The highest BCUT2D eigenvalue weighted by Gasteiger charge is 2.15. The summed E-state index contributed by atoms with van der Waals surface area (Å²) in [6, 6.07) is 10.6. The molecule has 2 aromatic rings. The minimum atomic E-state index is 0.266. The van der Waals surface area contributed by atoms with Crippen molar-refractivity contribution in [2.45, 2.75) is 25.8 Å². The Hall–Kier alpha value is -1.19. The van der Waals surface area contributed by atoms with Gasteiger partial charge in [-0.25, -0.2) is 4.98 Å². The van der Waals surface area contributed by atoms with E-state index in [0.717, 1.165) is 40.5 Å². The molecule has 0 spiro atoms. The molecular formula is C16H19BrN2. The molecule has 0 saturated carbocycles. The van der Waals surface area contributed by atoms with E-state index in [2.05, 4.69) is 52.9 Å². The number of hydrogen-bond donors (Lipinski definition) is 1. The van der Waals surface area contributed by atoms with Crippen molar-refractivity contribution in [3.8, 4) is 0 Å². The van der Waals surface area contributed by atoms with Gasteiger partial charge in [-0.15, -0.1) is 6.58 Å². The average Bonchev–Trinajstić information content (AvgIpc) is 2.43. The summed E-state index contributed by atoms with van der Waals surface area (Å²) in [6.45, 7) is 6.85. The van der Waals surface area contributed by atoms with E-state index in [9.17, 15) is 0 Å². The molecule has 1 unspecified atom stereocenters. The summed E-state index contributed by atoms with van der Waals surface area (Å²) in [7, 11) is 0. The van der Waals surface area contributed by atoms with Crippen LogP contribution in [0.25, 0.3) is 10.9 Å². The van der Waals surface area contributed by atoms with E-state index in [4.69, 9.17) is 4.98 Å². The molecule has 1 aromatic carbocycles. The molecule has 2 nitrogen and oxygen atoms in total. The van der Waals surface area contributed by atoms with Crippen LogP contribution in [0.4, 0.5) is 0 Å². The van der Waals surface area contributed by atoms with Gasteiger partial charge in [-0.1, -0.05) is 31.2 Å². The second-order valence-electron chi connectivity index (χ2n) is 4.52. The molecule has 0 amide bonds. The second-order valence-corrected chi connectivity index (χ2v) is 5.38. The van der Waals surface area contributed by atoms with E-state index >= 15 is 0 Å². The Bertz CT molecular complexity index is 566. The number of para-hydroxylation sites is 1. The average molecular weight is 319 g/mol. The maximum Gasteiger partial charge on any atom is 0.0722 e. The molecule has 1 aromatic heterocycles. The Morgan fingerprint density at radius 2 is 2.21 bits per heavy atom. The topological polar surface area (TPSA) is 24.9 Å². The smallest absolute Gasteiger partial charge is 0.0722 e. The summed E-state index contributed by atoms with van der Waals surface area (Å²) in [4.78, 5) is 4.80. The highest BCUT2D eigenvalue weighted by atomic mass is 79.9. The normalized spacial score (nSPS) is 12.5. The summed E-state index contributed by atoms with van der Waals surface area (Å²) in [5, 5.41) is 4.66. The predicted octanol–water partition coefficient (Wildman–Crippen LogP) is 4.61. The van der Waals surface area contributed by atoms with Crippen molar-refractivity contribution in [1.29, 1.82) is 0 Å². The summed E-state index contributed by atoms with van der Waals surface area (Å²) < 4.78 is 1.07. The molecule has 1 N–H and O–H groups in total. The number of benzene rings is 1. The highest BCUT2D eigenvalue weighted by molar-refractivity contribution is 9.10. The molecule has 2 rings (SSSR count). The molecule has 3 heteroatoms. The Labute approximate surface area is 123 Å². The minimum absolute atomic E-state index is 0.266. The van der Waals surface area contributed by atoms with Gasteiger partial charge in [-0.2, -0.15) is 0 Å². The van der Waals surface area contributed by atoms with Crippen LogP contribution in [0.2, 0.25) is 0 Å². The van der Waals surface area contributed by atoms with Crippen molar-refractivity contribution < 1.29 is 0 Å². The number of fused-ring (bicyclic) bond motifs is 1. The molecule has 1 atom stereocenters. The summed E-state index contributed by atoms with van der Waals surface area (Å²) in [6.07, 6.45) is 3.96. The monoisotopic (exact) mass is 318 g/mol. The van der Waals surface area contributed by atoms with E-state index in [0.29, 0.717) is 0 Å². The van der Waals surface area contributed by atoms with Gasteiger partial charge >= 0.3 is 0 Å². The van der Waals surface area contributed by atoms with Crippen molar-refractivity contribution in [3.63, 3.8) is 0 Å². The number of pyridine rings is 1. The van der Waals surface area contributed by atoms with Crippen LogP contribution < -0.4 is 5.32 Å². The molecule has 0 aliphatic rings. The maximum atomic E-state index is 4.80. The first-order valence-corrected chi connectivity index (χ1v) is 7.45. The van der Waals surface area contributed by atoms with E-state index in [1.165, 1.54) is 0 Å². The van der Waals surface area contributed by atoms with E-state index in [1.54, 1.807) is 0 Å². The van der Waals surface area contributed by atoms with E-state index in [-0.39, 0.29) is 6.04 Å². The zero-order chi connectivity index (χ0) is 13.7. The fraction of sp³-hybridized carbons (Fsp3) is 0.312. The van der Waals surface area contributed by atoms with Gasteiger partial charge in [0, 0.05) is 9.86 Å². The van der Waals surface area contributed by atoms with Gasteiger partial charge in [0.1, 0.15) is 0 Å². The molecule has 100 valence electrons. The van der Waals surface area contributed by atoms with Crippen LogP contribution in [0.3, 0.4) is 0 Å². The Kier molecular flexibility index (Phi) is 5.11. The number of aromatic nitrogens is 1. The lowest BCUT2D eigenvalue weighted by Crippen LogP contribution is -2.22. The fourth-order valence-corrected chi connectivity index (χ4v) is 2.83. The highest BCUT2D eigenvalue weighted by Crippen LogP contribution is 2.28. The summed E-state index contributed by atoms with van der Waals surface area (Å²) >= 11 is 3.65. The Balaban J connectivity index is 2.39. The Morgan fingerprint density at radius 1 is 1.42 bits per heavy atom. The zero-order valence-electron chi connectivity index (χ0n) is 11.2. The van der Waals surface area contributed by atoms with Gasteiger partial charge < -0.3 is 5.32 Å². The third kappa shape index (κ3) is 3.43. The maximum absolute atomic E-state index is 4.80. The predicted molar refractivity (Wildman–Crippen MR) is 85.3 cm³/mol. The number of nitrogens with one attached hydrogen (secondary N) is 1. The fourth-order valence-electron chi connectivity index (χ4n) is 2.22.